The first-order chi connectivity index (χ1) is 21.9. The molecule has 3 unspecified atom stereocenters. The van der Waals surface area contributed by atoms with Crippen molar-refractivity contribution in [2.45, 2.75) is 78.1 Å². The molecule has 0 heterocycles. The molecule has 246 valence electrons. The molecule has 4 amide bonds. The Morgan fingerprint density at radius 3 is 1.85 bits per heavy atom. The molecule has 0 aromatic heterocycles. The van der Waals surface area contributed by atoms with Crippen molar-refractivity contribution in [1.82, 2.24) is 16.0 Å². The van der Waals surface area contributed by atoms with Gasteiger partial charge in [0, 0.05) is 12.1 Å². The number of hydrogen-bond acceptors (Lipinski definition) is 6. The van der Waals surface area contributed by atoms with Crippen LogP contribution >= 0.6 is 0 Å². The van der Waals surface area contributed by atoms with Gasteiger partial charge in [-0.15, -0.1) is 0 Å². The van der Waals surface area contributed by atoms with Gasteiger partial charge in [0.1, 0.15) is 24.7 Å². The highest BCUT2D eigenvalue weighted by molar-refractivity contribution is 6.00. The second-order valence-electron chi connectivity index (χ2n) is 12.1. The zero-order valence-corrected chi connectivity index (χ0v) is 26.7. The summed E-state index contributed by atoms with van der Waals surface area (Å²) in [5.41, 5.74) is 1.28. The Morgan fingerprint density at radius 1 is 0.674 bits per heavy atom. The summed E-state index contributed by atoms with van der Waals surface area (Å²) in [5.74, 6) is -2.91. The maximum atomic E-state index is 13.6. The van der Waals surface area contributed by atoms with Crippen molar-refractivity contribution in [3.63, 3.8) is 0 Å². The standard InChI is InChI=1S/C35H44N4O7/c1-22(2)18-29(38-34(44)30(19-23(3)4)39-35(45)46-21-24-10-6-5-7-11-24)33(43)37-28(16-17-31(40)41)32(42)36-27-15-14-25-12-8-9-13-26(25)20-27/h5-15,20,22-23,28-30H,16-19,21H2,1-4H3,(H,36,42)(H,37,43)(H,38,44)(H,39,45)(H,40,41). The summed E-state index contributed by atoms with van der Waals surface area (Å²) >= 11 is 0. The predicted molar refractivity (Wildman–Crippen MR) is 176 cm³/mol. The van der Waals surface area contributed by atoms with Crippen molar-refractivity contribution in [2.24, 2.45) is 11.8 Å². The maximum absolute atomic E-state index is 13.6. The van der Waals surface area contributed by atoms with E-state index in [0.717, 1.165) is 16.3 Å². The monoisotopic (exact) mass is 632 g/mol. The fourth-order valence-corrected chi connectivity index (χ4v) is 4.89. The number of carbonyl (C=O) groups excluding carboxylic acids is 4. The Hall–Kier alpha value is -4.93. The number of anilines is 1. The third-order valence-electron chi connectivity index (χ3n) is 7.17. The number of rotatable bonds is 16. The van der Waals surface area contributed by atoms with Crippen LogP contribution in [0.3, 0.4) is 0 Å². The summed E-state index contributed by atoms with van der Waals surface area (Å²) in [6.07, 6.45) is -0.759. The second kappa shape index (κ2) is 17.5. The largest absolute Gasteiger partial charge is 0.481 e. The van der Waals surface area contributed by atoms with Gasteiger partial charge in [-0.25, -0.2) is 4.79 Å². The van der Waals surface area contributed by atoms with Crippen LogP contribution in [0.5, 0.6) is 0 Å². The van der Waals surface area contributed by atoms with Crippen LogP contribution in [0.15, 0.2) is 72.8 Å². The molecule has 0 spiro atoms. The lowest BCUT2D eigenvalue weighted by atomic mass is 9.99. The number of benzene rings is 3. The molecule has 46 heavy (non-hydrogen) atoms. The number of ether oxygens (including phenoxy) is 1. The molecule has 0 bridgehead atoms. The van der Waals surface area contributed by atoms with Crippen LogP contribution in [0.1, 0.15) is 58.9 Å². The molecule has 0 fully saturated rings. The van der Waals surface area contributed by atoms with Crippen LogP contribution in [0.4, 0.5) is 10.5 Å². The van der Waals surface area contributed by atoms with Gasteiger partial charge < -0.3 is 31.1 Å². The van der Waals surface area contributed by atoms with Gasteiger partial charge in [-0.05, 0) is 59.6 Å². The Labute approximate surface area is 269 Å². The zero-order chi connectivity index (χ0) is 33.6. The number of nitrogens with one attached hydrogen (secondary N) is 4. The molecular formula is C35H44N4O7. The van der Waals surface area contributed by atoms with Crippen LogP contribution in [0.2, 0.25) is 0 Å². The lowest BCUT2D eigenvalue weighted by Gasteiger charge is -2.26. The molecule has 0 aliphatic carbocycles. The first-order valence-electron chi connectivity index (χ1n) is 15.5. The fourth-order valence-electron chi connectivity index (χ4n) is 4.89. The third kappa shape index (κ3) is 11.9. The summed E-state index contributed by atoms with van der Waals surface area (Å²) in [4.78, 5) is 64.3. The van der Waals surface area contributed by atoms with E-state index in [-0.39, 0.29) is 44.1 Å². The Balaban J connectivity index is 1.71. The van der Waals surface area contributed by atoms with E-state index in [4.69, 9.17) is 4.74 Å². The van der Waals surface area contributed by atoms with Crippen molar-refractivity contribution in [3.05, 3.63) is 78.4 Å². The summed E-state index contributed by atoms with van der Waals surface area (Å²) in [6.45, 7) is 7.59. The average molecular weight is 633 g/mol. The van der Waals surface area contributed by atoms with Crippen molar-refractivity contribution in [2.75, 3.05) is 5.32 Å². The smallest absolute Gasteiger partial charge is 0.408 e. The number of carboxylic acids is 1. The number of alkyl carbamates (subject to hydrolysis) is 1. The van der Waals surface area contributed by atoms with Gasteiger partial charge in [0.25, 0.3) is 0 Å². The van der Waals surface area contributed by atoms with Gasteiger partial charge in [-0.1, -0.05) is 88.4 Å². The lowest BCUT2D eigenvalue weighted by Crippen LogP contribution is -2.56. The molecule has 0 aliphatic heterocycles. The Bertz CT molecular complexity index is 1490. The summed E-state index contributed by atoms with van der Waals surface area (Å²) in [5, 5.41) is 22.0. The van der Waals surface area contributed by atoms with E-state index in [1.165, 1.54) is 0 Å². The molecule has 0 aliphatic rings. The molecule has 11 nitrogen and oxygen atoms in total. The van der Waals surface area contributed by atoms with Gasteiger partial charge in [-0.2, -0.15) is 0 Å². The quantitative estimate of drug-likeness (QED) is 0.148. The SMILES string of the molecule is CC(C)CC(NC(=O)OCc1ccccc1)C(=O)NC(CC(C)C)C(=O)NC(CCC(=O)O)C(=O)Nc1ccc2ccccc2c1. The molecule has 0 saturated heterocycles. The maximum Gasteiger partial charge on any atom is 0.408 e. The number of amides is 4. The van der Waals surface area contributed by atoms with Gasteiger partial charge in [0.2, 0.25) is 17.7 Å². The van der Waals surface area contributed by atoms with Gasteiger partial charge in [-0.3, -0.25) is 19.2 Å². The van der Waals surface area contributed by atoms with E-state index in [0.29, 0.717) is 5.69 Å². The first kappa shape index (κ1) is 35.5. The normalized spacial score (nSPS) is 13.0. The lowest BCUT2D eigenvalue weighted by molar-refractivity contribution is -0.137. The van der Waals surface area contributed by atoms with Crippen LogP contribution in [0, 0.1) is 11.8 Å². The Morgan fingerprint density at radius 2 is 1.24 bits per heavy atom. The van der Waals surface area contributed by atoms with E-state index < -0.39 is 47.9 Å². The van der Waals surface area contributed by atoms with Crippen LogP contribution in [-0.2, 0) is 30.5 Å². The molecule has 0 radical (unpaired) electrons. The molecule has 11 heteroatoms. The molecule has 3 aromatic rings. The summed E-state index contributed by atoms with van der Waals surface area (Å²) < 4.78 is 5.30. The van der Waals surface area contributed by atoms with Crippen molar-refractivity contribution in [3.8, 4) is 0 Å². The molecule has 0 saturated carbocycles. The van der Waals surface area contributed by atoms with Crippen molar-refractivity contribution < 1.29 is 33.8 Å². The fraction of sp³-hybridized carbons (Fsp3) is 0.400. The van der Waals surface area contributed by atoms with Gasteiger partial charge >= 0.3 is 12.1 Å². The third-order valence-corrected chi connectivity index (χ3v) is 7.17. The number of fused-ring (bicyclic) bond motifs is 1. The van der Waals surface area contributed by atoms with Gasteiger partial charge in [0.15, 0.2) is 0 Å². The Kier molecular flexibility index (Phi) is 13.5. The summed E-state index contributed by atoms with van der Waals surface area (Å²) in [7, 11) is 0. The minimum Gasteiger partial charge on any atom is -0.481 e. The van der Waals surface area contributed by atoms with E-state index >= 15 is 0 Å². The first-order valence-corrected chi connectivity index (χ1v) is 15.5. The predicted octanol–water partition coefficient (Wildman–Crippen LogP) is 5.00. The van der Waals surface area contributed by atoms with Gasteiger partial charge in [0.05, 0.1) is 0 Å². The van der Waals surface area contributed by atoms with E-state index in [2.05, 4.69) is 21.3 Å². The minimum absolute atomic E-state index is 0.0210. The minimum atomic E-state index is -1.18. The van der Waals surface area contributed by atoms with Crippen molar-refractivity contribution >= 4 is 46.2 Å². The number of carboxylic acid groups (broad SMARTS) is 1. The van der Waals surface area contributed by atoms with E-state index in [1.54, 1.807) is 12.1 Å². The van der Waals surface area contributed by atoms with E-state index in [1.807, 2.05) is 88.4 Å². The number of carbonyl (C=O) groups is 5. The highest BCUT2D eigenvalue weighted by Gasteiger charge is 2.31. The zero-order valence-electron chi connectivity index (χ0n) is 26.7. The molecule has 3 aromatic carbocycles. The highest BCUT2D eigenvalue weighted by Crippen LogP contribution is 2.19. The number of hydrogen-bond donors (Lipinski definition) is 5. The molecule has 5 N–H and O–H groups in total. The molecule has 3 atom stereocenters. The number of aliphatic carboxylic acids is 1. The highest BCUT2D eigenvalue weighted by atomic mass is 16.5. The van der Waals surface area contributed by atoms with Crippen LogP contribution < -0.4 is 21.3 Å². The molecular weight excluding hydrogens is 588 g/mol. The molecule has 3 rings (SSSR count). The topological polar surface area (TPSA) is 163 Å². The second-order valence-corrected chi connectivity index (χ2v) is 12.1. The van der Waals surface area contributed by atoms with Crippen molar-refractivity contribution in [1.29, 1.82) is 0 Å². The van der Waals surface area contributed by atoms with Crippen LogP contribution in [0.25, 0.3) is 10.8 Å². The van der Waals surface area contributed by atoms with E-state index in [9.17, 15) is 29.1 Å². The summed E-state index contributed by atoms with van der Waals surface area (Å²) in [6, 6.07) is 18.9. The van der Waals surface area contributed by atoms with Crippen LogP contribution in [-0.4, -0.2) is 53.0 Å². The average Bonchev–Trinajstić information content (AvgIpc) is 3.01.